The Balaban J connectivity index is 1.65. The van der Waals surface area contributed by atoms with Gasteiger partial charge in [-0.3, -0.25) is 14.4 Å². The Bertz CT molecular complexity index is 745. The SMILES string of the molecule is C=C1C=CC(=O)N1Cc1ccc(C(=O)ON2C(=O)CCC2=O)cc1. The van der Waals surface area contributed by atoms with E-state index in [2.05, 4.69) is 6.58 Å². The first-order valence-corrected chi connectivity index (χ1v) is 7.31. The van der Waals surface area contributed by atoms with Crippen LogP contribution in [0.25, 0.3) is 0 Å². The molecule has 2 aliphatic rings. The van der Waals surface area contributed by atoms with Crippen LogP contribution in [-0.2, 0) is 25.8 Å². The molecule has 7 nitrogen and oxygen atoms in total. The summed E-state index contributed by atoms with van der Waals surface area (Å²) in [5.74, 6) is -1.98. The van der Waals surface area contributed by atoms with Crippen LogP contribution < -0.4 is 0 Å². The Morgan fingerprint density at radius 2 is 1.67 bits per heavy atom. The monoisotopic (exact) mass is 326 g/mol. The van der Waals surface area contributed by atoms with Crippen molar-refractivity contribution in [1.82, 2.24) is 9.96 Å². The van der Waals surface area contributed by atoms with E-state index < -0.39 is 17.8 Å². The molecule has 1 aromatic rings. The molecule has 2 aliphatic heterocycles. The van der Waals surface area contributed by atoms with Crippen molar-refractivity contribution in [2.24, 2.45) is 0 Å². The van der Waals surface area contributed by atoms with Gasteiger partial charge in [0.15, 0.2) is 0 Å². The molecule has 2 heterocycles. The molecule has 0 bridgehead atoms. The van der Waals surface area contributed by atoms with Crippen molar-refractivity contribution in [2.75, 3.05) is 0 Å². The van der Waals surface area contributed by atoms with Crippen LogP contribution in [0.1, 0.15) is 28.8 Å². The quantitative estimate of drug-likeness (QED) is 0.779. The largest absolute Gasteiger partial charge is 0.363 e. The van der Waals surface area contributed by atoms with Crippen molar-refractivity contribution in [1.29, 1.82) is 0 Å². The van der Waals surface area contributed by atoms with E-state index in [0.29, 0.717) is 17.3 Å². The first kappa shape index (κ1) is 15.7. The van der Waals surface area contributed by atoms with E-state index >= 15 is 0 Å². The van der Waals surface area contributed by atoms with Crippen LogP contribution in [0.2, 0.25) is 0 Å². The molecule has 7 heteroatoms. The first-order chi connectivity index (χ1) is 11.5. The number of rotatable bonds is 4. The molecule has 0 spiro atoms. The number of carbonyl (C=O) groups excluding carboxylic acids is 4. The van der Waals surface area contributed by atoms with E-state index in [0.717, 1.165) is 5.56 Å². The van der Waals surface area contributed by atoms with Gasteiger partial charge in [-0.2, -0.15) is 0 Å². The third-order valence-corrected chi connectivity index (χ3v) is 3.74. The van der Waals surface area contributed by atoms with Crippen LogP contribution in [0.3, 0.4) is 0 Å². The van der Waals surface area contributed by atoms with Crippen LogP contribution in [0.15, 0.2) is 48.7 Å². The highest BCUT2D eigenvalue weighted by atomic mass is 16.7. The number of amides is 3. The molecule has 3 rings (SSSR count). The Morgan fingerprint density at radius 3 is 2.21 bits per heavy atom. The van der Waals surface area contributed by atoms with Gasteiger partial charge in [-0.05, 0) is 23.8 Å². The van der Waals surface area contributed by atoms with Gasteiger partial charge in [-0.1, -0.05) is 18.7 Å². The van der Waals surface area contributed by atoms with Crippen LogP contribution in [0, 0.1) is 0 Å². The van der Waals surface area contributed by atoms with Crippen LogP contribution >= 0.6 is 0 Å². The summed E-state index contributed by atoms with van der Waals surface area (Å²) in [6.07, 6.45) is 3.18. The van der Waals surface area contributed by atoms with Crippen LogP contribution in [0.5, 0.6) is 0 Å². The second-order valence-corrected chi connectivity index (χ2v) is 5.41. The molecule has 0 atom stereocenters. The maximum atomic E-state index is 12.0. The van der Waals surface area contributed by atoms with E-state index in [-0.39, 0.29) is 24.3 Å². The summed E-state index contributed by atoms with van der Waals surface area (Å²) in [7, 11) is 0. The number of imide groups is 1. The van der Waals surface area contributed by atoms with E-state index in [1.54, 1.807) is 18.2 Å². The number of hydroxylamine groups is 2. The van der Waals surface area contributed by atoms with Gasteiger partial charge in [-0.15, -0.1) is 5.06 Å². The lowest BCUT2D eigenvalue weighted by Gasteiger charge is -2.17. The topological polar surface area (TPSA) is 84.0 Å². The third kappa shape index (κ3) is 2.96. The average Bonchev–Trinajstić information content (AvgIpc) is 3.05. The van der Waals surface area contributed by atoms with E-state index in [4.69, 9.17) is 4.84 Å². The fourth-order valence-corrected chi connectivity index (χ4v) is 2.39. The third-order valence-electron chi connectivity index (χ3n) is 3.74. The van der Waals surface area contributed by atoms with Crippen molar-refractivity contribution < 1.29 is 24.0 Å². The van der Waals surface area contributed by atoms with E-state index in [1.165, 1.54) is 23.1 Å². The molecule has 0 aromatic heterocycles. The van der Waals surface area contributed by atoms with Crippen molar-refractivity contribution in [3.8, 4) is 0 Å². The lowest BCUT2D eigenvalue weighted by molar-refractivity contribution is -0.172. The number of allylic oxidation sites excluding steroid dienone is 1. The van der Waals surface area contributed by atoms with Gasteiger partial charge in [0, 0.05) is 24.6 Å². The van der Waals surface area contributed by atoms with E-state index in [9.17, 15) is 19.2 Å². The molecule has 0 aliphatic carbocycles. The number of benzene rings is 1. The van der Waals surface area contributed by atoms with Gasteiger partial charge in [0.1, 0.15) is 0 Å². The number of nitrogens with zero attached hydrogens (tertiary/aromatic N) is 2. The predicted molar refractivity (Wildman–Crippen MR) is 81.8 cm³/mol. The van der Waals surface area contributed by atoms with Gasteiger partial charge in [-0.25, -0.2) is 4.79 Å². The Kier molecular flexibility index (Phi) is 3.99. The Hall–Kier alpha value is -3.22. The summed E-state index contributed by atoms with van der Waals surface area (Å²) in [5.41, 5.74) is 1.61. The fraction of sp³-hybridized carbons (Fsp3) is 0.176. The summed E-state index contributed by atoms with van der Waals surface area (Å²) in [5, 5.41) is 0.509. The molecular formula is C17H14N2O5. The lowest BCUT2D eigenvalue weighted by Crippen LogP contribution is -2.32. The van der Waals surface area contributed by atoms with Crippen LogP contribution in [0.4, 0.5) is 0 Å². The molecule has 0 radical (unpaired) electrons. The molecule has 0 N–H and O–H groups in total. The first-order valence-electron chi connectivity index (χ1n) is 7.31. The van der Waals surface area contributed by atoms with Crippen molar-refractivity contribution >= 4 is 23.7 Å². The van der Waals surface area contributed by atoms with Gasteiger partial charge in [0.25, 0.3) is 17.7 Å². The van der Waals surface area contributed by atoms with Crippen molar-refractivity contribution in [3.05, 3.63) is 59.8 Å². The molecule has 1 aromatic carbocycles. The molecular weight excluding hydrogens is 312 g/mol. The zero-order valence-electron chi connectivity index (χ0n) is 12.7. The maximum absolute atomic E-state index is 12.0. The van der Waals surface area contributed by atoms with Gasteiger partial charge in [0.05, 0.1) is 12.1 Å². The fourth-order valence-electron chi connectivity index (χ4n) is 2.39. The predicted octanol–water partition coefficient (Wildman–Crippen LogP) is 1.32. The second kappa shape index (κ2) is 6.11. The van der Waals surface area contributed by atoms with E-state index in [1.807, 2.05) is 0 Å². The molecule has 0 unspecified atom stereocenters. The highest BCUT2D eigenvalue weighted by molar-refractivity contribution is 6.02. The molecule has 1 saturated heterocycles. The number of carbonyl (C=O) groups is 4. The highest BCUT2D eigenvalue weighted by Crippen LogP contribution is 2.18. The Morgan fingerprint density at radius 1 is 1.04 bits per heavy atom. The normalized spacial score (nSPS) is 17.2. The second-order valence-electron chi connectivity index (χ2n) is 5.41. The summed E-state index contributed by atoms with van der Waals surface area (Å²) < 4.78 is 0. The minimum absolute atomic E-state index is 0.0484. The summed E-state index contributed by atoms with van der Waals surface area (Å²) >= 11 is 0. The number of hydrogen-bond donors (Lipinski definition) is 0. The molecule has 24 heavy (non-hydrogen) atoms. The van der Waals surface area contributed by atoms with Crippen molar-refractivity contribution in [3.63, 3.8) is 0 Å². The van der Waals surface area contributed by atoms with Gasteiger partial charge >= 0.3 is 5.97 Å². The smallest absolute Gasteiger partial charge is 0.325 e. The standard InChI is InChI=1S/C17H14N2O5/c1-11-2-7-14(20)18(11)10-12-3-5-13(6-4-12)17(23)24-19-15(21)8-9-16(19)22/h2-7H,1,8-10H2. The van der Waals surface area contributed by atoms with Crippen LogP contribution in [-0.4, -0.2) is 33.7 Å². The average molecular weight is 326 g/mol. The summed E-state index contributed by atoms with van der Waals surface area (Å²) in [4.78, 5) is 52.9. The molecule has 0 saturated carbocycles. The minimum Gasteiger partial charge on any atom is -0.325 e. The zero-order valence-corrected chi connectivity index (χ0v) is 12.7. The summed E-state index contributed by atoms with van der Waals surface area (Å²) in [6, 6.07) is 6.37. The maximum Gasteiger partial charge on any atom is 0.363 e. The molecule has 122 valence electrons. The molecule has 1 fully saturated rings. The minimum atomic E-state index is -0.784. The zero-order chi connectivity index (χ0) is 17.3. The molecule has 3 amide bonds. The number of hydrogen-bond acceptors (Lipinski definition) is 5. The lowest BCUT2D eigenvalue weighted by atomic mass is 10.1. The van der Waals surface area contributed by atoms with Crippen molar-refractivity contribution in [2.45, 2.75) is 19.4 Å². The van der Waals surface area contributed by atoms with Gasteiger partial charge in [0.2, 0.25) is 0 Å². The summed E-state index contributed by atoms with van der Waals surface area (Å²) in [6.45, 7) is 4.11. The Labute approximate surface area is 137 Å². The van der Waals surface area contributed by atoms with Gasteiger partial charge < -0.3 is 9.74 Å². The highest BCUT2D eigenvalue weighted by Gasteiger charge is 2.33.